The van der Waals surface area contributed by atoms with Crippen molar-refractivity contribution < 1.29 is 9.53 Å². The average molecular weight is 491 g/mol. The number of rotatable bonds is 8. The van der Waals surface area contributed by atoms with Crippen LogP contribution in [0.25, 0.3) is 0 Å². The molecule has 2 heterocycles. The number of likely N-dealkylation sites (tertiary alicyclic amines) is 1. The third-order valence-electron chi connectivity index (χ3n) is 4.74. The molecule has 1 N–H and O–H groups in total. The van der Waals surface area contributed by atoms with Crippen molar-refractivity contribution in [3.63, 3.8) is 0 Å². The summed E-state index contributed by atoms with van der Waals surface area (Å²) in [5, 5.41) is 3.38. The highest BCUT2D eigenvalue weighted by Gasteiger charge is 2.27. The first-order chi connectivity index (χ1) is 12.7. The molecule has 2 rings (SSSR count). The summed E-state index contributed by atoms with van der Waals surface area (Å²) in [5.74, 6) is 2.01. The van der Waals surface area contributed by atoms with Gasteiger partial charge in [-0.25, -0.2) is 4.98 Å². The monoisotopic (exact) mass is 491 g/mol. The molecule has 1 saturated heterocycles. The van der Waals surface area contributed by atoms with Crippen LogP contribution in [0, 0.1) is 12.8 Å². The van der Waals surface area contributed by atoms with Gasteiger partial charge in [-0.2, -0.15) is 0 Å². The van der Waals surface area contributed by atoms with Crippen LogP contribution in [0.5, 0.6) is 0 Å². The first-order valence-corrected chi connectivity index (χ1v) is 9.83. The van der Waals surface area contributed by atoms with Crippen molar-refractivity contribution in [2.45, 2.75) is 53.0 Å². The minimum atomic E-state index is -0.0520. The van der Waals surface area contributed by atoms with E-state index in [0.29, 0.717) is 6.61 Å². The molecule has 0 amide bonds. The summed E-state index contributed by atoms with van der Waals surface area (Å²) >= 11 is 0. The molecule has 7 nitrogen and oxygen atoms in total. The van der Waals surface area contributed by atoms with Crippen molar-refractivity contribution in [2.24, 2.45) is 10.9 Å². The summed E-state index contributed by atoms with van der Waals surface area (Å²) in [4.78, 5) is 23.2. The van der Waals surface area contributed by atoms with Crippen LogP contribution < -0.4 is 5.32 Å². The van der Waals surface area contributed by atoms with Gasteiger partial charge in [0.1, 0.15) is 5.82 Å². The molecule has 1 aromatic heterocycles. The first kappa shape index (κ1) is 23.7. The normalized spacial score (nSPS) is 15.4. The third-order valence-corrected chi connectivity index (χ3v) is 4.74. The van der Waals surface area contributed by atoms with Crippen LogP contribution in [-0.4, -0.2) is 59.2 Å². The molecule has 154 valence electrons. The van der Waals surface area contributed by atoms with Crippen molar-refractivity contribution in [1.29, 1.82) is 0 Å². The van der Waals surface area contributed by atoms with Crippen LogP contribution in [0.15, 0.2) is 17.4 Å². The van der Waals surface area contributed by atoms with Gasteiger partial charge in [0.25, 0.3) is 0 Å². The standard InChI is InChI=1S/C19H33N5O2.HI/c1-4-20-19(22-10-6-7-12-23-15-11-21-16(23)3)24-13-8-17(9-14-24)18(25)26-5-2;/h11,15,17H,4-10,12-14H2,1-3H3,(H,20,22);1H. The van der Waals surface area contributed by atoms with Crippen molar-refractivity contribution in [1.82, 2.24) is 19.8 Å². The minimum Gasteiger partial charge on any atom is -0.466 e. The Bertz CT molecular complexity index is 582. The van der Waals surface area contributed by atoms with E-state index in [4.69, 9.17) is 9.73 Å². The maximum atomic E-state index is 11.9. The largest absolute Gasteiger partial charge is 0.466 e. The number of halogens is 1. The fourth-order valence-electron chi connectivity index (χ4n) is 3.23. The van der Waals surface area contributed by atoms with Crippen molar-refractivity contribution in [3.05, 3.63) is 18.2 Å². The van der Waals surface area contributed by atoms with E-state index >= 15 is 0 Å². The Kier molecular flexibility index (Phi) is 11.4. The van der Waals surface area contributed by atoms with Gasteiger partial charge in [0, 0.05) is 45.1 Å². The first-order valence-electron chi connectivity index (χ1n) is 9.83. The summed E-state index contributed by atoms with van der Waals surface area (Å²) in [6.07, 6.45) is 7.68. The molecular formula is C19H34IN5O2. The zero-order valence-electron chi connectivity index (χ0n) is 16.8. The number of nitrogens with zero attached hydrogens (tertiary/aromatic N) is 4. The summed E-state index contributed by atoms with van der Waals surface area (Å²) in [7, 11) is 0. The maximum absolute atomic E-state index is 11.9. The summed E-state index contributed by atoms with van der Waals surface area (Å²) in [6.45, 7) is 10.8. The Balaban J connectivity index is 0.00000364. The van der Waals surface area contributed by atoms with E-state index in [1.165, 1.54) is 0 Å². The molecule has 8 heteroatoms. The maximum Gasteiger partial charge on any atom is 0.309 e. The number of aromatic nitrogens is 2. The predicted octanol–water partition coefficient (Wildman–Crippen LogP) is 2.83. The molecule has 0 aromatic carbocycles. The number of imidazole rings is 1. The van der Waals surface area contributed by atoms with E-state index in [0.717, 1.165) is 70.2 Å². The summed E-state index contributed by atoms with van der Waals surface area (Å²) in [6, 6.07) is 0. The molecule has 1 aliphatic heterocycles. The fourth-order valence-corrected chi connectivity index (χ4v) is 3.23. The smallest absolute Gasteiger partial charge is 0.309 e. The molecule has 1 aliphatic rings. The number of hydrogen-bond acceptors (Lipinski definition) is 4. The SMILES string of the molecule is CCNC(=NCCCCn1ccnc1C)N1CCC(C(=O)OCC)CC1.I. The zero-order chi connectivity index (χ0) is 18.8. The zero-order valence-corrected chi connectivity index (χ0v) is 19.1. The van der Waals surface area contributed by atoms with E-state index in [-0.39, 0.29) is 35.9 Å². The number of aliphatic imine (C=N–C) groups is 1. The van der Waals surface area contributed by atoms with E-state index in [1.807, 2.05) is 26.2 Å². The van der Waals surface area contributed by atoms with Gasteiger partial charge in [-0.3, -0.25) is 9.79 Å². The van der Waals surface area contributed by atoms with Crippen LogP contribution in [-0.2, 0) is 16.1 Å². The minimum absolute atomic E-state index is 0. The second-order valence-corrected chi connectivity index (χ2v) is 6.62. The van der Waals surface area contributed by atoms with E-state index in [2.05, 4.69) is 26.7 Å². The number of unbranched alkanes of at least 4 members (excludes halogenated alkanes) is 1. The Morgan fingerprint density at radius 2 is 2.07 bits per heavy atom. The van der Waals surface area contributed by atoms with Gasteiger partial charge in [-0.15, -0.1) is 24.0 Å². The quantitative estimate of drug-likeness (QED) is 0.199. The highest BCUT2D eigenvalue weighted by Crippen LogP contribution is 2.18. The van der Waals surface area contributed by atoms with Crippen LogP contribution in [0.2, 0.25) is 0 Å². The van der Waals surface area contributed by atoms with Gasteiger partial charge in [0.15, 0.2) is 5.96 Å². The number of guanidine groups is 1. The van der Waals surface area contributed by atoms with E-state index < -0.39 is 0 Å². The average Bonchev–Trinajstić information content (AvgIpc) is 3.06. The second-order valence-electron chi connectivity index (χ2n) is 6.62. The molecule has 0 unspecified atom stereocenters. The predicted molar refractivity (Wildman–Crippen MR) is 119 cm³/mol. The van der Waals surface area contributed by atoms with Crippen LogP contribution in [0.1, 0.15) is 45.4 Å². The van der Waals surface area contributed by atoms with Gasteiger partial charge >= 0.3 is 5.97 Å². The summed E-state index contributed by atoms with van der Waals surface area (Å²) < 4.78 is 7.32. The molecule has 27 heavy (non-hydrogen) atoms. The lowest BCUT2D eigenvalue weighted by Crippen LogP contribution is -2.46. The lowest BCUT2D eigenvalue weighted by molar-refractivity contribution is -0.149. The van der Waals surface area contributed by atoms with Crippen LogP contribution >= 0.6 is 24.0 Å². The fraction of sp³-hybridized carbons (Fsp3) is 0.737. The number of nitrogens with one attached hydrogen (secondary N) is 1. The summed E-state index contributed by atoms with van der Waals surface area (Å²) in [5.41, 5.74) is 0. The highest BCUT2D eigenvalue weighted by molar-refractivity contribution is 14.0. The van der Waals surface area contributed by atoms with Gasteiger partial charge < -0.3 is 19.5 Å². The molecule has 0 saturated carbocycles. The molecule has 0 spiro atoms. The molecule has 1 fully saturated rings. The van der Waals surface area contributed by atoms with Crippen LogP contribution in [0.4, 0.5) is 0 Å². The molecule has 0 aliphatic carbocycles. The topological polar surface area (TPSA) is 71.8 Å². The van der Waals surface area contributed by atoms with Crippen molar-refractivity contribution in [2.75, 3.05) is 32.8 Å². The second kappa shape index (κ2) is 13.0. The Labute approximate surface area is 180 Å². The molecule has 1 aromatic rings. The third kappa shape index (κ3) is 7.67. The van der Waals surface area contributed by atoms with E-state index in [9.17, 15) is 4.79 Å². The number of ether oxygens (including phenoxy) is 1. The van der Waals surface area contributed by atoms with Crippen molar-refractivity contribution >= 4 is 35.9 Å². The number of aryl methyl sites for hydroxylation is 2. The Morgan fingerprint density at radius 3 is 2.67 bits per heavy atom. The molecule has 0 atom stereocenters. The number of carbonyl (C=O) groups is 1. The molecular weight excluding hydrogens is 457 g/mol. The van der Waals surface area contributed by atoms with Gasteiger partial charge in [0.05, 0.1) is 12.5 Å². The van der Waals surface area contributed by atoms with E-state index in [1.54, 1.807) is 0 Å². The lowest BCUT2D eigenvalue weighted by atomic mass is 9.97. The highest BCUT2D eigenvalue weighted by atomic mass is 127. The number of carbonyl (C=O) groups excluding carboxylic acids is 1. The molecule has 0 radical (unpaired) electrons. The Morgan fingerprint density at radius 1 is 1.33 bits per heavy atom. The van der Waals surface area contributed by atoms with Crippen molar-refractivity contribution in [3.8, 4) is 0 Å². The number of piperidine rings is 1. The Hall–Kier alpha value is -1.32. The lowest BCUT2D eigenvalue weighted by Gasteiger charge is -2.33. The van der Waals surface area contributed by atoms with Gasteiger partial charge in [-0.1, -0.05) is 0 Å². The van der Waals surface area contributed by atoms with Gasteiger partial charge in [0.2, 0.25) is 0 Å². The number of hydrogen-bond donors (Lipinski definition) is 1. The molecule has 0 bridgehead atoms. The van der Waals surface area contributed by atoms with Gasteiger partial charge in [-0.05, 0) is 46.5 Å². The number of esters is 1. The van der Waals surface area contributed by atoms with Crippen LogP contribution in [0.3, 0.4) is 0 Å².